The lowest BCUT2D eigenvalue weighted by atomic mass is 9.66. The van der Waals surface area contributed by atoms with Gasteiger partial charge in [-0.05, 0) is 59.9 Å². The number of fused-ring (bicyclic) bond motifs is 1. The van der Waals surface area contributed by atoms with Crippen LogP contribution < -0.4 is 0 Å². The zero-order valence-corrected chi connectivity index (χ0v) is 15.3. The third kappa shape index (κ3) is 3.18. The summed E-state index contributed by atoms with van der Waals surface area (Å²) in [6.07, 6.45) is 6.92. The number of aliphatic hydroxyl groups is 1. The molecule has 24 heavy (non-hydrogen) atoms. The maximum atomic E-state index is 11.1. The Bertz CT molecular complexity index is 752. The molecule has 2 aromatic carbocycles. The van der Waals surface area contributed by atoms with E-state index in [1.54, 1.807) is 0 Å². The average molecular weight is 320 g/mol. The van der Waals surface area contributed by atoms with Crippen molar-refractivity contribution >= 4 is 12.2 Å². The molecule has 0 saturated carbocycles. The van der Waals surface area contributed by atoms with Crippen molar-refractivity contribution in [3.63, 3.8) is 0 Å². The monoisotopic (exact) mass is 320 g/mol. The summed E-state index contributed by atoms with van der Waals surface area (Å²) in [6.45, 7) is 8.74. The molecule has 2 aromatic rings. The minimum atomic E-state index is -0.682. The van der Waals surface area contributed by atoms with Gasteiger partial charge in [0.2, 0.25) is 0 Å². The molecule has 0 saturated heterocycles. The summed E-state index contributed by atoms with van der Waals surface area (Å²) in [5.74, 6) is 0. The van der Waals surface area contributed by atoms with Crippen molar-refractivity contribution in [3.8, 4) is 0 Å². The molecule has 1 aliphatic carbocycles. The molecule has 0 radical (unpaired) electrons. The SMILES string of the molecule is CCC1(O)CCC(C)(C)c2ccc(/C=C/c3ccc(C)cc3)cc21. The standard InChI is InChI=1S/C23H28O/c1-5-23(24)15-14-22(3,4)20-13-12-19(16-21(20)23)11-10-18-8-6-17(2)7-9-18/h6-13,16,24H,5,14-15H2,1-4H3/b11-10+. The van der Waals surface area contributed by atoms with Crippen LogP contribution in [0, 0.1) is 6.92 Å². The molecule has 0 amide bonds. The molecular weight excluding hydrogens is 292 g/mol. The first-order valence-electron chi connectivity index (χ1n) is 8.96. The second kappa shape index (κ2) is 6.22. The molecule has 1 unspecified atom stereocenters. The van der Waals surface area contributed by atoms with E-state index >= 15 is 0 Å². The van der Waals surface area contributed by atoms with Crippen molar-refractivity contribution in [2.24, 2.45) is 0 Å². The Labute approximate surface area is 146 Å². The molecule has 0 aliphatic heterocycles. The summed E-state index contributed by atoms with van der Waals surface area (Å²) in [4.78, 5) is 0. The van der Waals surface area contributed by atoms with E-state index < -0.39 is 5.60 Å². The van der Waals surface area contributed by atoms with Crippen LogP contribution >= 0.6 is 0 Å². The van der Waals surface area contributed by atoms with Crippen molar-refractivity contribution in [2.45, 2.75) is 58.0 Å². The van der Waals surface area contributed by atoms with E-state index in [4.69, 9.17) is 0 Å². The molecule has 1 N–H and O–H groups in total. The van der Waals surface area contributed by atoms with Crippen LogP contribution in [0.5, 0.6) is 0 Å². The molecule has 0 aromatic heterocycles. The van der Waals surface area contributed by atoms with Gasteiger partial charge in [0.25, 0.3) is 0 Å². The highest BCUT2D eigenvalue weighted by molar-refractivity contribution is 5.70. The number of hydrogen-bond donors (Lipinski definition) is 1. The number of rotatable bonds is 3. The second-order valence-electron chi connectivity index (χ2n) is 7.82. The minimum absolute atomic E-state index is 0.135. The third-order valence-electron chi connectivity index (χ3n) is 5.57. The van der Waals surface area contributed by atoms with E-state index in [9.17, 15) is 5.11 Å². The molecule has 1 heteroatoms. The summed E-state index contributed by atoms with van der Waals surface area (Å²) < 4.78 is 0. The first-order chi connectivity index (χ1) is 11.3. The Morgan fingerprint density at radius 2 is 1.54 bits per heavy atom. The zero-order chi connectivity index (χ0) is 17.4. The second-order valence-corrected chi connectivity index (χ2v) is 7.82. The number of aryl methyl sites for hydroxylation is 1. The van der Waals surface area contributed by atoms with Crippen LogP contribution in [0.1, 0.15) is 67.9 Å². The molecule has 1 aliphatic rings. The van der Waals surface area contributed by atoms with Gasteiger partial charge in [-0.25, -0.2) is 0 Å². The minimum Gasteiger partial charge on any atom is -0.385 e. The van der Waals surface area contributed by atoms with Gasteiger partial charge in [0, 0.05) is 0 Å². The molecular formula is C23H28O. The molecule has 3 rings (SSSR count). The fraction of sp³-hybridized carbons (Fsp3) is 0.391. The number of benzene rings is 2. The first-order valence-corrected chi connectivity index (χ1v) is 8.96. The maximum absolute atomic E-state index is 11.1. The van der Waals surface area contributed by atoms with E-state index in [0.29, 0.717) is 0 Å². The predicted molar refractivity (Wildman–Crippen MR) is 103 cm³/mol. The van der Waals surface area contributed by atoms with Crippen LogP contribution in [0.25, 0.3) is 12.2 Å². The van der Waals surface area contributed by atoms with Crippen LogP contribution in [-0.2, 0) is 11.0 Å². The summed E-state index contributed by atoms with van der Waals surface area (Å²) in [7, 11) is 0. The van der Waals surface area contributed by atoms with E-state index in [0.717, 1.165) is 30.4 Å². The summed E-state index contributed by atoms with van der Waals surface area (Å²) in [6, 6.07) is 15.1. The van der Waals surface area contributed by atoms with Crippen LogP contribution in [0.3, 0.4) is 0 Å². The Morgan fingerprint density at radius 1 is 0.917 bits per heavy atom. The Morgan fingerprint density at radius 3 is 2.21 bits per heavy atom. The molecule has 0 spiro atoms. The van der Waals surface area contributed by atoms with E-state index in [2.05, 4.69) is 82.3 Å². The lowest BCUT2D eigenvalue weighted by Gasteiger charge is -2.42. The average Bonchev–Trinajstić information content (AvgIpc) is 2.58. The van der Waals surface area contributed by atoms with Crippen molar-refractivity contribution in [2.75, 3.05) is 0 Å². The smallest absolute Gasteiger partial charge is 0.0897 e. The summed E-state index contributed by atoms with van der Waals surface area (Å²) >= 11 is 0. The molecule has 0 fully saturated rings. The highest BCUT2D eigenvalue weighted by Crippen LogP contribution is 2.46. The largest absolute Gasteiger partial charge is 0.385 e. The van der Waals surface area contributed by atoms with Gasteiger partial charge in [0.15, 0.2) is 0 Å². The van der Waals surface area contributed by atoms with Crippen LogP contribution in [0.15, 0.2) is 42.5 Å². The van der Waals surface area contributed by atoms with Gasteiger partial charge in [-0.2, -0.15) is 0 Å². The normalized spacial score (nSPS) is 22.5. The van der Waals surface area contributed by atoms with Gasteiger partial charge >= 0.3 is 0 Å². The predicted octanol–water partition coefficient (Wildman–Crippen LogP) is 5.83. The molecule has 1 atom stereocenters. The Hall–Kier alpha value is -1.86. The lowest BCUT2D eigenvalue weighted by molar-refractivity contribution is 0.00497. The van der Waals surface area contributed by atoms with Gasteiger partial charge in [-0.3, -0.25) is 0 Å². The quantitative estimate of drug-likeness (QED) is 0.705. The zero-order valence-electron chi connectivity index (χ0n) is 15.3. The maximum Gasteiger partial charge on any atom is 0.0897 e. The molecule has 0 heterocycles. The first kappa shape index (κ1) is 17.0. The topological polar surface area (TPSA) is 20.2 Å². The van der Waals surface area contributed by atoms with Gasteiger partial charge in [-0.15, -0.1) is 0 Å². The van der Waals surface area contributed by atoms with E-state index in [-0.39, 0.29) is 5.41 Å². The van der Waals surface area contributed by atoms with Gasteiger partial charge in [0.1, 0.15) is 0 Å². The van der Waals surface area contributed by atoms with Gasteiger partial charge in [0.05, 0.1) is 5.60 Å². The Kier molecular flexibility index (Phi) is 4.40. The van der Waals surface area contributed by atoms with Crippen LogP contribution in [-0.4, -0.2) is 5.11 Å². The fourth-order valence-electron chi connectivity index (χ4n) is 3.67. The summed E-state index contributed by atoms with van der Waals surface area (Å²) in [5, 5.41) is 11.1. The van der Waals surface area contributed by atoms with Gasteiger partial charge in [-0.1, -0.05) is 74.9 Å². The highest BCUT2D eigenvalue weighted by atomic mass is 16.3. The van der Waals surface area contributed by atoms with Crippen LogP contribution in [0.2, 0.25) is 0 Å². The molecule has 126 valence electrons. The summed E-state index contributed by atoms with van der Waals surface area (Å²) in [5.41, 5.74) is 5.49. The van der Waals surface area contributed by atoms with Crippen molar-refractivity contribution < 1.29 is 5.11 Å². The van der Waals surface area contributed by atoms with E-state index in [1.807, 2.05) is 0 Å². The molecule has 0 bridgehead atoms. The van der Waals surface area contributed by atoms with Crippen molar-refractivity contribution in [1.29, 1.82) is 0 Å². The van der Waals surface area contributed by atoms with Crippen molar-refractivity contribution in [1.82, 2.24) is 0 Å². The number of hydrogen-bond acceptors (Lipinski definition) is 1. The van der Waals surface area contributed by atoms with Crippen molar-refractivity contribution in [3.05, 3.63) is 70.3 Å². The van der Waals surface area contributed by atoms with Gasteiger partial charge < -0.3 is 5.11 Å². The highest BCUT2D eigenvalue weighted by Gasteiger charge is 2.40. The van der Waals surface area contributed by atoms with E-state index in [1.165, 1.54) is 16.7 Å². The Balaban J connectivity index is 1.97. The lowest BCUT2D eigenvalue weighted by Crippen LogP contribution is -2.37. The van der Waals surface area contributed by atoms with Crippen LogP contribution in [0.4, 0.5) is 0 Å². The third-order valence-corrected chi connectivity index (χ3v) is 5.57. The molecule has 1 nitrogen and oxygen atoms in total. The fourth-order valence-corrected chi connectivity index (χ4v) is 3.67.